The fourth-order valence-corrected chi connectivity index (χ4v) is 2.05. The van der Waals surface area contributed by atoms with Crippen LogP contribution in [0.15, 0.2) is 42.5 Å². The Hall–Kier alpha value is -2.27. The van der Waals surface area contributed by atoms with E-state index in [9.17, 15) is 14.5 Å². The zero-order chi connectivity index (χ0) is 15.4. The standard InChI is InChI=1S/C16H17FN2O2/c1-11-6-7-14(9-16(11)17)12(2)18-10-13-4-3-5-15(8-13)19(20)21/h3-9,12,18H,10H2,1-2H3. The summed E-state index contributed by atoms with van der Waals surface area (Å²) >= 11 is 0. The highest BCUT2D eigenvalue weighted by molar-refractivity contribution is 5.34. The third kappa shape index (κ3) is 3.86. The zero-order valence-corrected chi connectivity index (χ0v) is 12.0. The van der Waals surface area contributed by atoms with Crippen molar-refractivity contribution in [3.63, 3.8) is 0 Å². The van der Waals surface area contributed by atoms with Gasteiger partial charge in [0, 0.05) is 24.7 Å². The van der Waals surface area contributed by atoms with Crippen LogP contribution in [-0.2, 0) is 6.54 Å². The predicted molar refractivity (Wildman–Crippen MR) is 79.5 cm³/mol. The summed E-state index contributed by atoms with van der Waals surface area (Å²) in [5, 5.41) is 14.0. The number of halogens is 1. The van der Waals surface area contributed by atoms with Crippen LogP contribution in [0.1, 0.15) is 29.7 Å². The van der Waals surface area contributed by atoms with Gasteiger partial charge >= 0.3 is 0 Å². The van der Waals surface area contributed by atoms with E-state index < -0.39 is 4.92 Å². The normalized spacial score (nSPS) is 12.1. The second-order valence-electron chi connectivity index (χ2n) is 5.04. The van der Waals surface area contributed by atoms with E-state index in [1.807, 2.05) is 19.1 Å². The molecule has 0 aliphatic carbocycles. The van der Waals surface area contributed by atoms with Crippen molar-refractivity contribution >= 4 is 5.69 Å². The number of aryl methyl sites for hydroxylation is 1. The first kappa shape index (κ1) is 15.1. The Morgan fingerprint density at radius 2 is 2.05 bits per heavy atom. The summed E-state index contributed by atoms with van der Waals surface area (Å²) in [6.45, 7) is 4.14. The number of nitro benzene ring substituents is 1. The molecule has 1 atom stereocenters. The number of nitro groups is 1. The highest BCUT2D eigenvalue weighted by atomic mass is 19.1. The highest BCUT2D eigenvalue weighted by Gasteiger charge is 2.09. The maximum absolute atomic E-state index is 13.5. The van der Waals surface area contributed by atoms with Crippen molar-refractivity contribution in [1.82, 2.24) is 5.32 Å². The Morgan fingerprint density at radius 3 is 2.71 bits per heavy atom. The summed E-state index contributed by atoms with van der Waals surface area (Å²) in [6.07, 6.45) is 0. The lowest BCUT2D eigenvalue weighted by Crippen LogP contribution is -2.18. The highest BCUT2D eigenvalue weighted by Crippen LogP contribution is 2.18. The smallest absolute Gasteiger partial charge is 0.269 e. The molecule has 2 rings (SSSR count). The van der Waals surface area contributed by atoms with Crippen LogP contribution >= 0.6 is 0 Å². The van der Waals surface area contributed by atoms with Crippen LogP contribution in [0.3, 0.4) is 0 Å². The Labute approximate surface area is 122 Å². The van der Waals surface area contributed by atoms with Crippen molar-refractivity contribution in [3.05, 3.63) is 75.1 Å². The molecule has 0 fully saturated rings. The first-order chi connectivity index (χ1) is 9.97. The predicted octanol–water partition coefficient (Wildman–Crippen LogP) is 3.89. The van der Waals surface area contributed by atoms with Gasteiger partial charge in [-0.15, -0.1) is 0 Å². The fraction of sp³-hybridized carbons (Fsp3) is 0.250. The van der Waals surface area contributed by atoms with E-state index in [1.54, 1.807) is 19.1 Å². The molecule has 0 aliphatic heterocycles. The van der Waals surface area contributed by atoms with Gasteiger partial charge in [-0.3, -0.25) is 10.1 Å². The minimum Gasteiger partial charge on any atom is -0.306 e. The van der Waals surface area contributed by atoms with Gasteiger partial charge in [0.05, 0.1) is 4.92 Å². The van der Waals surface area contributed by atoms with E-state index >= 15 is 0 Å². The molecule has 4 nitrogen and oxygen atoms in total. The molecule has 21 heavy (non-hydrogen) atoms. The lowest BCUT2D eigenvalue weighted by atomic mass is 10.1. The molecule has 0 aromatic heterocycles. The maximum atomic E-state index is 13.5. The second-order valence-corrected chi connectivity index (χ2v) is 5.04. The summed E-state index contributed by atoms with van der Waals surface area (Å²) in [6, 6.07) is 11.6. The van der Waals surface area contributed by atoms with Crippen molar-refractivity contribution in [1.29, 1.82) is 0 Å². The Balaban J connectivity index is 2.03. The topological polar surface area (TPSA) is 55.2 Å². The van der Waals surface area contributed by atoms with Crippen molar-refractivity contribution in [3.8, 4) is 0 Å². The molecular formula is C16H17FN2O2. The van der Waals surface area contributed by atoms with Gasteiger partial charge in [0.2, 0.25) is 0 Å². The third-order valence-corrected chi connectivity index (χ3v) is 3.43. The molecule has 2 aromatic carbocycles. The number of nitrogens with zero attached hydrogens (tertiary/aromatic N) is 1. The van der Waals surface area contributed by atoms with Crippen LogP contribution in [0.2, 0.25) is 0 Å². The number of hydrogen-bond acceptors (Lipinski definition) is 3. The summed E-state index contributed by atoms with van der Waals surface area (Å²) < 4.78 is 13.5. The van der Waals surface area contributed by atoms with Gasteiger partial charge in [-0.1, -0.05) is 24.3 Å². The SMILES string of the molecule is Cc1ccc(C(C)NCc2cccc([N+](=O)[O-])c2)cc1F. The maximum Gasteiger partial charge on any atom is 0.269 e. The zero-order valence-electron chi connectivity index (χ0n) is 12.0. The van der Waals surface area contributed by atoms with Crippen molar-refractivity contribution in [2.45, 2.75) is 26.4 Å². The molecule has 0 aliphatic rings. The van der Waals surface area contributed by atoms with Crippen LogP contribution in [0.25, 0.3) is 0 Å². The Bertz CT molecular complexity index is 658. The first-order valence-corrected chi connectivity index (χ1v) is 6.70. The molecule has 0 saturated carbocycles. The molecule has 110 valence electrons. The molecule has 0 amide bonds. The van der Waals surface area contributed by atoms with Crippen LogP contribution in [0.5, 0.6) is 0 Å². The van der Waals surface area contributed by atoms with Gasteiger partial charge in [-0.2, -0.15) is 0 Å². The quantitative estimate of drug-likeness (QED) is 0.670. The van der Waals surface area contributed by atoms with E-state index in [-0.39, 0.29) is 17.5 Å². The molecule has 0 bridgehead atoms. The molecule has 5 heteroatoms. The number of benzene rings is 2. The van der Waals surface area contributed by atoms with Crippen LogP contribution in [0.4, 0.5) is 10.1 Å². The molecular weight excluding hydrogens is 271 g/mol. The third-order valence-electron chi connectivity index (χ3n) is 3.43. The molecule has 1 unspecified atom stereocenters. The largest absolute Gasteiger partial charge is 0.306 e. The number of non-ortho nitro benzene ring substituents is 1. The van der Waals surface area contributed by atoms with Gasteiger partial charge < -0.3 is 5.32 Å². The summed E-state index contributed by atoms with van der Waals surface area (Å²) in [4.78, 5) is 10.3. The van der Waals surface area contributed by atoms with E-state index in [1.165, 1.54) is 18.2 Å². The van der Waals surface area contributed by atoms with Gasteiger partial charge in [-0.25, -0.2) is 4.39 Å². The van der Waals surface area contributed by atoms with Gasteiger partial charge in [-0.05, 0) is 36.6 Å². The first-order valence-electron chi connectivity index (χ1n) is 6.70. The minimum absolute atomic E-state index is 0.0423. The van der Waals surface area contributed by atoms with Crippen LogP contribution < -0.4 is 5.32 Å². The molecule has 2 aromatic rings. The fourth-order valence-electron chi connectivity index (χ4n) is 2.05. The van der Waals surface area contributed by atoms with E-state index in [0.29, 0.717) is 12.1 Å². The molecule has 0 heterocycles. The second kappa shape index (κ2) is 6.45. The molecule has 0 saturated heterocycles. The van der Waals surface area contributed by atoms with Gasteiger partial charge in [0.25, 0.3) is 5.69 Å². The monoisotopic (exact) mass is 288 g/mol. The minimum atomic E-state index is -0.414. The van der Waals surface area contributed by atoms with Gasteiger partial charge in [0.1, 0.15) is 5.82 Å². The Morgan fingerprint density at radius 1 is 1.29 bits per heavy atom. The number of hydrogen-bond donors (Lipinski definition) is 1. The average molecular weight is 288 g/mol. The van der Waals surface area contributed by atoms with E-state index in [2.05, 4.69) is 5.32 Å². The van der Waals surface area contributed by atoms with Crippen molar-refractivity contribution in [2.24, 2.45) is 0 Å². The lowest BCUT2D eigenvalue weighted by Gasteiger charge is -2.15. The van der Waals surface area contributed by atoms with E-state index in [4.69, 9.17) is 0 Å². The van der Waals surface area contributed by atoms with E-state index in [0.717, 1.165) is 11.1 Å². The molecule has 0 radical (unpaired) electrons. The van der Waals surface area contributed by atoms with Crippen molar-refractivity contribution < 1.29 is 9.31 Å². The number of rotatable bonds is 5. The average Bonchev–Trinajstić information content (AvgIpc) is 2.48. The Kier molecular flexibility index (Phi) is 4.65. The van der Waals surface area contributed by atoms with Crippen LogP contribution in [-0.4, -0.2) is 4.92 Å². The number of nitrogens with one attached hydrogen (secondary N) is 1. The van der Waals surface area contributed by atoms with Crippen LogP contribution in [0, 0.1) is 22.9 Å². The van der Waals surface area contributed by atoms with Gasteiger partial charge in [0.15, 0.2) is 0 Å². The van der Waals surface area contributed by atoms with Crippen molar-refractivity contribution in [2.75, 3.05) is 0 Å². The molecule has 1 N–H and O–H groups in total. The lowest BCUT2D eigenvalue weighted by molar-refractivity contribution is -0.384. The summed E-state index contributed by atoms with van der Waals surface area (Å²) in [5.74, 6) is -0.225. The summed E-state index contributed by atoms with van der Waals surface area (Å²) in [5.41, 5.74) is 2.36. The molecule has 0 spiro atoms. The summed E-state index contributed by atoms with van der Waals surface area (Å²) in [7, 11) is 0.